The second-order valence-electron chi connectivity index (χ2n) is 10.4. The number of nitrogens with one attached hydrogen (secondary N) is 1. The number of anilines is 1. The van der Waals surface area contributed by atoms with Crippen LogP contribution in [0.15, 0.2) is 54.7 Å². The number of carbonyl (C=O) groups excluding carboxylic acids is 2. The monoisotopic (exact) mass is 534 g/mol. The predicted molar refractivity (Wildman–Crippen MR) is 150 cm³/mol. The summed E-state index contributed by atoms with van der Waals surface area (Å²) >= 11 is 0. The molecule has 1 N–H and O–H groups in total. The van der Waals surface area contributed by atoms with E-state index in [1.807, 2.05) is 75.7 Å². The van der Waals surface area contributed by atoms with Gasteiger partial charge < -0.3 is 24.4 Å². The molecule has 0 spiro atoms. The van der Waals surface area contributed by atoms with Gasteiger partial charge in [0.25, 0.3) is 5.91 Å². The lowest BCUT2D eigenvalue weighted by Crippen LogP contribution is -2.41. The minimum Gasteiger partial charge on any atom is -0.494 e. The van der Waals surface area contributed by atoms with Crippen molar-refractivity contribution in [2.24, 2.45) is 0 Å². The first-order valence-corrected chi connectivity index (χ1v) is 13.5. The Bertz CT molecular complexity index is 1270. The lowest BCUT2D eigenvalue weighted by atomic mass is 9.90. The molecule has 2 amide bonds. The molecule has 1 aromatic heterocycles. The molecular formula is C30H38N4O5. The van der Waals surface area contributed by atoms with Gasteiger partial charge in [-0.3, -0.25) is 4.79 Å². The Morgan fingerprint density at radius 1 is 1.00 bits per heavy atom. The summed E-state index contributed by atoms with van der Waals surface area (Å²) in [7, 11) is 0. The second-order valence-corrected chi connectivity index (χ2v) is 10.4. The van der Waals surface area contributed by atoms with Crippen molar-refractivity contribution in [1.82, 2.24) is 14.7 Å². The first kappa shape index (κ1) is 28.0. The number of amides is 2. The van der Waals surface area contributed by atoms with E-state index >= 15 is 0 Å². The highest BCUT2D eigenvalue weighted by Crippen LogP contribution is 2.34. The number of benzene rings is 2. The fourth-order valence-electron chi connectivity index (χ4n) is 4.70. The smallest absolute Gasteiger partial charge is 0.410 e. The van der Waals surface area contributed by atoms with Crippen LogP contribution in [0.25, 0.3) is 5.69 Å². The van der Waals surface area contributed by atoms with Crippen molar-refractivity contribution in [2.45, 2.75) is 59.0 Å². The molecule has 0 saturated carbocycles. The minimum atomic E-state index is -0.551. The number of ether oxygens (including phenoxy) is 3. The SMILES string of the molecule is CCOc1ccc(OCC)c(NC(=O)c2cnn(-c3ccccc3)c2C2CCN(C(=O)OC(C)(C)C)CC2)c1. The van der Waals surface area contributed by atoms with Crippen LogP contribution in [-0.4, -0.2) is 58.6 Å². The quantitative estimate of drug-likeness (QED) is 0.379. The molecule has 0 atom stereocenters. The summed E-state index contributed by atoms with van der Waals surface area (Å²) in [5.41, 5.74) is 2.16. The van der Waals surface area contributed by atoms with Crippen molar-refractivity contribution in [3.8, 4) is 17.2 Å². The molecule has 1 saturated heterocycles. The molecule has 1 aliphatic rings. The van der Waals surface area contributed by atoms with E-state index in [2.05, 4.69) is 10.4 Å². The molecule has 0 unspecified atom stereocenters. The number of rotatable bonds is 8. The zero-order chi connectivity index (χ0) is 28.0. The normalized spacial score (nSPS) is 14.1. The summed E-state index contributed by atoms with van der Waals surface area (Å²) in [6.45, 7) is 11.4. The number of para-hydroxylation sites is 1. The van der Waals surface area contributed by atoms with E-state index < -0.39 is 5.60 Å². The number of likely N-dealkylation sites (tertiary alicyclic amines) is 1. The molecule has 2 aromatic carbocycles. The van der Waals surface area contributed by atoms with E-state index in [1.54, 1.807) is 23.2 Å². The molecule has 4 rings (SSSR count). The predicted octanol–water partition coefficient (Wildman–Crippen LogP) is 6.04. The van der Waals surface area contributed by atoms with Gasteiger partial charge in [0.15, 0.2) is 0 Å². The molecule has 208 valence electrons. The van der Waals surface area contributed by atoms with Crippen molar-refractivity contribution in [2.75, 3.05) is 31.6 Å². The van der Waals surface area contributed by atoms with Crippen molar-refractivity contribution < 1.29 is 23.8 Å². The maximum absolute atomic E-state index is 13.7. The Balaban J connectivity index is 1.63. The van der Waals surface area contributed by atoms with Gasteiger partial charge >= 0.3 is 6.09 Å². The van der Waals surface area contributed by atoms with Gasteiger partial charge in [0.05, 0.1) is 42.0 Å². The summed E-state index contributed by atoms with van der Waals surface area (Å²) in [4.78, 5) is 28.1. The van der Waals surface area contributed by atoms with E-state index in [0.717, 1.165) is 11.4 Å². The maximum Gasteiger partial charge on any atom is 0.410 e. The van der Waals surface area contributed by atoms with Crippen molar-refractivity contribution in [1.29, 1.82) is 0 Å². The van der Waals surface area contributed by atoms with Crippen LogP contribution in [0.2, 0.25) is 0 Å². The van der Waals surface area contributed by atoms with Crippen molar-refractivity contribution in [3.63, 3.8) is 0 Å². The number of carbonyl (C=O) groups is 2. The molecule has 0 radical (unpaired) electrons. The van der Waals surface area contributed by atoms with Gasteiger partial charge in [-0.05, 0) is 71.7 Å². The van der Waals surface area contributed by atoms with Gasteiger partial charge in [0.2, 0.25) is 0 Å². The Morgan fingerprint density at radius 3 is 2.33 bits per heavy atom. The average molecular weight is 535 g/mol. The molecule has 3 aromatic rings. The van der Waals surface area contributed by atoms with Crippen molar-refractivity contribution in [3.05, 3.63) is 66.0 Å². The minimum absolute atomic E-state index is 0.0215. The summed E-state index contributed by atoms with van der Waals surface area (Å²) in [5, 5.41) is 7.65. The lowest BCUT2D eigenvalue weighted by molar-refractivity contribution is 0.0203. The Morgan fingerprint density at radius 2 is 1.69 bits per heavy atom. The highest BCUT2D eigenvalue weighted by molar-refractivity contribution is 6.06. The van der Waals surface area contributed by atoms with E-state index in [4.69, 9.17) is 14.2 Å². The first-order chi connectivity index (χ1) is 18.7. The molecule has 0 bridgehead atoms. The first-order valence-electron chi connectivity index (χ1n) is 13.5. The number of nitrogens with zero attached hydrogens (tertiary/aromatic N) is 3. The standard InChI is InChI=1S/C30H38N4O5/c1-6-37-23-13-14-26(38-7-2)25(19-23)32-28(35)24-20-31-34(22-11-9-8-10-12-22)27(24)21-15-17-33(18-16-21)29(36)39-30(3,4)5/h8-14,19-21H,6-7,15-18H2,1-5H3,(H,32,35). The zero-order valence-electron chi connectivity index (χ0n) is 23.4. The van der Waals surface area contributed by atoms with E-state index in [9.17, 15) is 9.59 Å². The van der Waals surface area contributed by atoms with Crippen LogP contribution in [0.4, 0.5) is 10.5 Å². The summed E-state index contributed by atoms with van der Waals surface area (Å²) in [5.74, 6) is 0.951. The van der Waals surface area contributed by atoms with Crippen LogP contribution in [0.3, 0.4) is 0 Å². The molecular weight excluding hydrogens is 496 g/mol. The third kappa shape index (κ3) is 6.90. The van der Waals surface area contributed by atoms with E-state index in [0.29, 0.717) is 61.9 Å². The molecule has 1 aliphatic heterocycles. The van der Waals surface area contributed by atoms with Gasteiger partial charge in [-0.25, -0.2) is 9.48 Å². The molecule has 1 fully saturated rings. The second kappa shape index (κ2) is 12.2. The third-order valence-electron chi connectivity index (χ3n) is 6.40. The topological polar surface area (TPSA) is 94.9 Å². The van der Waals surface area contributed by atoms with Gasteiger partial charge in [-0.1, -0.05) is 18.2 Å². The van der Waals surface area contributed by atoms with Gasteiger partial charge in [0.1, 0.15) is 17.1 Å². The molecule has 39 heavy (non-hydrogen) atoms. The van der Waals surface area contributed by atoms with Crippen LogP contribution in [0.5, 0.6) is 11.5 Å². The van der Waals surface area contributed by atoms with Crippen molar-refractivity contribution >= 4 is 17.7 Å². The Kier molecular flexibility index (Phi) is 8.79. The maximum atomic E-state index is 13.7. The average Bonchev–Trinajstić information content (AvgIpc) is 3.35. The fraction of sp³-hybridized carbons (Fsp3) is 0.433. The highest BCUT2D eigenvalue weighted by Gasteiger charge is 2.32. The van der Waals surface area contributed by atoms with E-state index in [1.165, 1.54) is 0 Å². The number of hydrogen-bond donors (Lipinski definition) is 1. The van der Waals surface area contributed by atoms with Crippen LogP contribution < -0.4 is 14.8 Å². The molecule has 0 aliphatic carbocycles. The Labute approximate surface area is 230 Å². The zero-order valence-corrected chi connectivity index (χ0v) is 23.4. The van der Waals surface area contributed by atoms with E-state index in [-0.39, 0.29) is 17.9 Å². The van der Waals surface area contributed by atoms with Crippen LogP contribution >= 0.6 is 0 Å². The Hall–Kier alpha value is -4.01. The van der Waals surface area contributed by atoms with Crippen LogP contribution in [0.1, 0.15) is 69.4 Å². The van der Waals surface area contributed by atoms with Gasteiger partial charge in [-0.2, -0.15) is 5.10 Å². The van der Waals surface area contributed by atoms with Gasteiger partial charge in [0, 0.05) is 25.1 Å². The largest absolute Gasteiger partial charge is 0.494 e. The number of piperidine rings is 1. The molecule has 2 heterocycles. The lowest BCUT2D eigenvalue weighted by Gasteiger charge is -2.34. The third-order valence-corrected chi connectivity index (χ3v) is 6.40. The number of hydrogen-bond acceptors (Lipinski definition) is 6. The highest BCUT2D eigenvalue weighted by atomic mass is 16.6. The summed E-state index contributed by atoms with van der Waals surface area (Å²) in [6.07, 6.45) is 2.67. The molecule has 9 nitrogen and oxygen atoms in total. The summed E-state index contributed by atoms with van der Waals surface area (Å²) in [6, 6.07) is 15.2. The number of aromatic nitrogens is 2. The van der Waals surface area contributed by atoms with Crippen LogP contribution in [-0.2, 0) is 4.74 Å². The fourth-order valence-corrected chi connectivity index (χ4v) is 4.70. The van der Waals surface area contributed by atoms with Gasteiger partial charge in [-0.15, -0.1) is 0 Å². The molecule has 9 heteroatoms. The summed E-state index contributed by atoms with van der Waals surface area (Å²) < 4.78 is 18.8. The van der Waals surface area contributed by atoms with Crippen LogP contribution in [0, 0.1) is 0 Å².